The summed E-state index contributed by atoms with van der Waals surface area (Å²) >= 11 is 0. The van der Waals surface area contributed by atoms with Crippen molar-refractivity contribution in [1.29, 1.82) is 0 Å². The van der Waals surface area contributed by atoms with Crippen LogP contribution in [-0.4, -0.2) is 18.2 Å². The number of hydrogen-bond acceptors (Lipinski definition) is 3. The molecule has 0 aromatic carbocycles. The van der Waals surface area contributed by atoms with Gasteiger partial charge in [-0.3, -0.25) is 11.3 Å². The van der Waals surface area contributed by atoms with E-state index in [1.54, 1.807) is 0 Å². The third-order valence-electron chi connectivity index (χ3n) is 1.67. The van der Waals surface area contributed by atoms with Gasteiger partial charge in [0.25, 0.3) is 0 Å². The van der Waals surface area contributed by atoms with Gasteiger partial charge < -0.3 is 4.74 Å². The predicted octanol–water partition coefficient (Wildman–Crippen LogP) is 1.60. The first-order valence-corrected chi connectivity index (χ1v) is 4.70. The fourth-order valence-electron chi connectivity index (χ4n) is 0.884. The van der Waals surface area contributed by atoms with Crippen molar-refractivity contribution >= 4 is 0 Å². The van der Waals surface area contributed by atoms with Gasteiger partial charge in [-0.1, -0.05) is 6.08 Å². The van der Waals surface area contributed by atoms with Crippen molar-refractivity contribution in [2.75, 3.05) is 6.61 Å². The summed E-state index contributed by atoms with van der Waals surface area (Å²) in [6.07, 6.45) is 3.82. The molecule has 13 heavy (non-hydrogen) atoms. The zero-order chi connectivity index (χ0) is 10.3. The van der Waals surface area contributed by atoms with Gasteiger partial charge in [0.2, 0.25) is 0 Å². The van der Waals surface area contributed by atoms with E-state index >= 15 is 0 Å². The maximum atomic E-state index is 5.60. The highest BCUT2D eigenvalue weighted by Crippen LogP contribution is 2.08. The number of hydrogen-bond donors (Lipinski definition) is 2. The standard InChI is InChI=1S/C10H22N2O/c1-5-6-7-9(12-11)8-13-10(2,3)4/h5,9,12H,1,6-8,11H2,2-4H3. The van der Waals surface area contributed by atoms with E-state index in [0.29, 0.717) is 6.61 Å². The van der Waals surface area contributed by atoms with Gasteiger partial charge >= 0.3 is 0 Å². The Balaban J connectivity index is 3.65. The molecule has 0 aromatic rings. The van der Waals surface area contributed by atoms with Crippen LogP contribution >= 0.6 is 0 Å². The van der Waals surface area contributed by atoms with Crippen molar-refractivity contribution in [2.24, 2.45) is 5.84 Å². The number of allylic oxidation sites excluding steroid dienone is 1. The molecule has 0 amide bonds. The summed E-state index contributed by atoms with van der Waals surface area (Å²) in [4.78, 5) is 0. The Bertz CT molecular complexity index is 140. The molecule has 0 aromatic heterocycles. The van der Waals surface area contributed by atoms with E-state index in [0.717, 1.165) is 12.8 Å². The summed E-state index contributed by atoms with van der Waals surface area (Å²) in [5.41, 5.74) is 2.64. The molecule has 1 unspecified atom stereocenters. The lowest BCUT2D eigenvalue weighted by molar-refractivity contribution is -0.0152. The first kappa shape index (κ1) is 12.6. The van der Waals surface area contributed by atoms with Crippen LogP contribution in [0.5, 0.6) is 0 Å². The third kappa shape index (κ3) is 7.96. The minimum Gasteiger partial charge on any atom is -0.374 e. The molecule has 0 radical (unpaired) electrons. The molecule has 0 bridgehead atoms. The summed E-state index contributed by atoms with van der Waals surface area (Å²) in [5.74, 6) is 5.38. The second kappa shape index (κ2) is 6.13. The Morgan fingerprint density at radius 1 is 1.54 bits per heavy atom. The minimum atomic E-state index is -0.0940. The molecule has 78 valence electrons. The van der Waals surface area contributed by atoms with Crippen LogP contribution in [0.1, 0.15) is 33.6 Å². The highest BCUT2D eigenvalue weighted by molar-refractivity contribution is 4.73. The van der Waals surface area contributed by atoms with E-state index in [4.69, 9.17) is 10.6 Å². The molecule has 0 rings (SSSR count). The van der Waals surface area contributed by atoms with Crippen LogP contribution in [0.2, 0.25) is 0 Å². The average molecular weight is 186 g/mol. The van der Waals surface area contributed by atoms with E-state index in [1.807, 2.05) is 26.8 Å². The highest BCUT2D eigenvalue weighted by atomic mass is 16.5. The molecule has 0 aliphatic heterocycles. The molecular weight excluding hydrogens is 164 g/mol. The molecule has 1 atom stereocenters. The average Bonchev–Trinajstić information content (AvgIpc) is 2.03. The Morgan fingerprint density at radius 3 is 2.54 bits per heavy atom. The minimum absolute atomic E-state index is 0.0940. The maximum Gasteiger partial charge on any atom is 0.0640 e. The Morgan fingerprint density at radius 2 is 2.15 bits per heavy atom. The topological polar surface area (TPSA) is 47.3 Å². The lowest BCUT2D eigenvalue weighted by Gasteiger charge is -2.23. The molecule has 0 aliphatic rings. The molecular formula is C10H22N2O. The van der Waals surface area contributed by atoms with Crippen LogP contribution in [-0.2, 0) is 4.74 Å². The van der Waals surface area contributed by atoms with Crippen molar-refractivity contribution in [1.82, 2.24) is 5.43 Å². The van der Waals surface area contributed by atoms with Gasteiger partial charge in [0.1, 0.15) is 0 Å². The summed E-state index contributed by atoms with van der Waals surface area (Å²) in [5, 5.41) is 0. The molecule has 0 fully saturated rings. The number of hydrazine groups is 1. The van der Waals surface area contributed by atoms with Crippen molar-refractivity contribution in [3.8, 4) is 0 Å². The second-order valence-corrected chi connectivity index (χ2v) is 4.15. The van der Waals surface area contributed by atoms with Crippen LogP contribution < -0.4 is 11.3 Å². The number of ether oxygens (including phenoxy) is 1. The number of rotatable bonds is 6. The summed E-state index contributed by atoms with van der Waals surface area (Å²) in [6.45, 7) is 10.4. The van der Waals surface area contributed by atoms with E-state index in [2.05, 4.69) is 12.0 Å². The highest BCUT2D eigenvalue weighted by Gasteiger charge is 2.13. The van der Waals surface area contributed by atoms with Crippen LogP contribution in [0.15, 0.2) is 12.7 Å². The number of nitrogens with one attached hydrogen (secondary N) is 1. The van der Waals surface area contributed by atoms with Gasteiger partial charge in [-0.15, -0.1) is 6.58 Å². The monoisotopic (exact) mass is 186 g/mol. The van der Waals surface area contributed by atoms with E-state index < -0.39 is 0 Å². The van der Waals surface area contributed by atoms with Crippen LogP contribution in [0.25, 0.3) is 0 Å². The molecule has 0 spiro atoms. The van der Waals surface area contributed by atoms with Gasteiger partial charge in [-0.25, -0.2) is 0 Å². The van der Waals surface area contributed by atoms with Crippen LogP contribution in [0.4, 0.5) is 0 Å². The summed E-state index contributed by atoms with van der Waals surface area (Å²) in [6, 6.07) is 0.220. The fourth-order valence-corrected chi connectivity index (χ4v) is 0.884. The molecule has 3 nitrogen and oxygen atoms in total. The Labute approximate surface area is 81.3 Å². The molecule has 3 N–H and O–H groups in total. The molecule has 3 heteroatoms. The smallest absolute Gasteiger partial charge is 0.0640 e. The zero-order valence-electron chi connectivity index (χ0n) is 8.97. The Hall–Kier alpha value is -0.380. The number of nitrogens with two attached hydrogens (primary N) is 1. The van der Waals surface area contributed by atoms with E-state index in [9.17, 15) is 0 Å². The molecule has 0 heterocycles. The molecule has 0 saturated carbocycles. The van der Waals surface area contributed by atoms with E-state index in [1.165, 1.54) is 0 Å². The maximum absolute atomic E-state index is 5.60. The first-order chi connectivity index (χ1) is 5.99. The van der Waals surface area contributed by atoms with Gasteiger partial charge in [-0.2, -0.15) is 0 Å². The normalized spacial score (nSPS) is 14.2. The quantitative estimate of drug-likeness (QED) is 0.376. The lowest BCUT2D eigenvalue weighted by atomic mass is 10.1. The second-order valence-electron chi connectivity index (χ2n) is 4.15. The van der Waals surface area contributed by atoms with E-state index in [-0.39, 0.29) is 11.6 Å². The predicted molar refractivity (Wildman–Crippen MR) is 56.2 cm³/mol. The first-order valence-electron chi connectivity index (χ1n) is 4.70. The van der Waals surface area contributed by atoms with Crippen molar-refractivity contribution in [3.05, 3.63) is 12.7 Å². The van der Waals surface area contributed by atoms with Crippen LogP contribution in [0.3, 0.4) is 0 Å². The molecule has 0 saturated heterocycles. The third-order valence-corrected chi connectivity index (χ3v) is 1.67. The summed E-state index contributed by atoms with van der Waals surface area (Å²) < 4.78 is 5.60. The van der Waals surface area contributed by atoms with Gasteiger partial charge in [0, 0.05) is 6.04 Å². The van der Waals surface area contributed by atoms with Crippen molar-refractivity contribution in [3.63, 3.8) is 0 Å². The SMILES string of the molecule is C=CCCC(COC(C)(C)C)NN. The molecule has 0 aliphatic carbocycles. The summed E-state index contributed by atoms with van der Waals surface area (Å²) in [7, 11) is 0. The Kier molecular flexibility index (Phi) is 5.95. The largest absolute Gasteiger partial charge is 0.374 e. The fraction of sp³-hybridized carbons (Fsp3) is 0.800. The van der Waals surface area contributed by atoms with Crippen molar-refractivity contribution in [2.45, 2.75) is 45.3 Å². The van der Waals surface area contributed by atoms with Crippen molar-refractivity contribution < 1.29 is 4.74 Å². The van der Waals surface area contributed by atoms with Crippen LogP contribution in [0, 0.1) is 0 Å². The van der Waals surface area contributed by atoms with Gasteiger partial charge in [0.15, 0.2) is 0 Å². The van der Waals surface area contributed by atoms with Gasteiger partial charge in [0.05, 0.1) is 12.2 Å². The van der Waals surface area contributed by atoms with Gasteiger partial charge in [-0.05, 0) is 33.6 Å². The zero-order valence-corrected chi connectivity index (χ0v) is 8.97. The lowest BCUT2D eigenvalue weighted by Crippen LogP contribution is -2.40.